The van der Waals surface area contributed by atoms with Gasteiger partial charge in [0.25, 0.3) is 0 Å². The number of benzene rings is 1. The molecule has 0 aliphatic carbocycles. The lowest BCUT2D eigenvalue weighted by molar-refractivity contribution is 0.564. The zero-order chi connectivity index (χ0) is 9.56. The fourth-order valence-corrected chi connectivity index (χ4v) is 1.02. The van der Waals surface area contributed by atoms with Gasteiger partial charge in [0, 0.05) is 0 Å². The maximum Gasteiger partial charge on any atom is 0.186 e. The average molecular weight is 184 g/mol. The van der Waals surface area contributed by atoms with Gasteiger partial charge < -0.3 is 4.55 Å². The Kier molecular flexibility index (Phi) is 5.25. The van der Waals surface area contributed by atoms with Gasteiger partial charge in [-0.3, -0.25) is 0 Å². The fourth-order valence-electron chi connectivity index (χ4n) is 0.655. The molecule has 0 aliphatic heterocycles. The van der Waals surface area contributed by atoms with Crippen LogP contribution in [-0.4, -0.2) is 8.76 Å². The number of hydrogen-bond acceptors (Lipinski definition) is 1. The lowest BCUT2D eigenvalue weighted by Gasteiger charge is -1.93. The van der Waals surface area contributed by atoms with E-state index in [0.29, 0.717) is 4.90 Å². The van der Waals surface area contributed by atoms with Gasteiger partial charge in [0.15, 0.2) is 11.1 Å². The van der Waals surface area contributed by atoms with Gasteiger partial charge in [-0.2, -0.15) is 0 Å². The average Bonchev–Trinajstić information content (AvgIpc) is 2.09. The normalized spacial score (nSPS) is 11.2. The van der Waals surface area contributed by atoms with E-state index in [1.165, 1.54) is 0 Å². The summed E-state index contributed by atoms with van der Waals surface area (Å²) in [5.41, 5.74) is 1.09. The second-order valence-electron chi connectivity index (χ2n) is 2.06. The predicted octanol–water partition coefficient (Wildman–Crippen LogP) is 2.38. The Balaban J connectivity index is 0.000000561. The Bertz CT molecular complexity index is 254. The van der Waals surface area contributed by atoms with Crippen molar-refractivity contribution in [2.75, 3.05) is 0 Å². The summed E-state index contributed by atoms with van der Waals surface area (Å²) in [6.07, 6.45) is 0. The highest BCUT2D eigenvalue weighted by Gasteiger charge is 1.95. The van der Waals surface area contributed by atoms with Crippen LogP contribution < -0.4 is 0 Å². The smallest absolute Gasteiger partial charge is 0.186 e. The van der Waals surface area contributed by atoms with Crippen molar-refractivity contribution in [3.05, 3.63) is 43.0 Å². The van der Waals surface area contributed by atoms with E-state index in [1.807, 2.05) is 19.1 Å². The molecule has 66 valence electrons. The van der Waals surface area contributed by atoms with Gasteiger partial charge in [0.1, 0.15) is 0 Å². The summed E-state index contributed by atoms with van der Waals surface area (Å²) < 4.78 is 19.0. The molecule has 0 amide bonds. The molecule has 0 saturated heterocycles. The first-order valence-corrected chi connectivity index (χ1v) is 4.48. The zero-order valence-corrected chi connectivity index (χ0v) is 7.80. The molecule has 0 heterocycles. The number of hydrogen-bond donors (Lipinski definition) is 1. The molecule has 1 N–H and O–H groups in total. The molecule has 0 bridgehead atoms. The summed E-state index contributed by atoms with van der Waals surface area (Å²) >= 11 is -1.84. The molecule has 1 rings (SSSR count). The maximum atomic E-state index is 10.4. The molecule has 0 fully saturated rings. The molecule has 0 aliphatic rings. The van der Waals surface area contributed by atoms with E-state index in [-0.39, 0.29) is 0 Å². The van der Waals surface area contributed by atoms with Crippen molar-refractivity contribution >= 4 is 11.1 Å². The van der Waals surface area contributed by atoms with Crippen molar-refractivity contribution in [3.8, 4) is 0 Å². The largest absolute Gasteiger partial charge is 0.302 e. The number of aryl methyl sites for hydroxylation is 1. The van der Waals surface area contributed by atoms with Gasteiger partial charge in [0.05, 0.1) is 4.90 Å². The Morgan fingerprint density at radius 2 is 1.67 bits per heavy atom. The molecule has 1 aromatic carbocycles. The summed E-state index contributed by atoms with van der Waals surface area (Å²) in [5.74, 6) is 0. The van der Waals surface area contributed by atoms with Crippen LogP contribution in [0, 0.1) is 6.92 Å². The van der Waals surface area contributed by atoms with Gasteiger partial charge in [-0.1, -0.05) is 17.7 Å². The Morgan fingerprint density at radius 1 is 1.25 bits per heavy atom. The van der Waals surface area contributed by atoms with Crippen molar-refractivity contribution in [2.45, 2.75) is 11.8 Å². The molecular formula is C9H12O2S. The predicted molar refractivity (Wildman–Crippen MR) is 51.5 cm³/mol. The minimum Gasteiger partial charge on any atom is -0.302 e. The van der Waals surface area contributed by atoms with E-state index in [4.69, 9.17) is 4.55 Å². The van der Waals surface area contributed by atoms with Crippen molar-refractivity contribution < 1.29 is 8.76 Å². The maximum absolute atomic E-state index is 10.4. The van der Waals surface area contributed by atoms with E-state index >= 15 is 0 Å². The highest BCUT2D eigenvalue weighted by atomic mass is 32.2. The van der Waals surface area contributed by atoms with Gasteiger partial charge >= 0.3 is 0 Å². The van der Waals surface area contributed by atoms with Crippen LogP contribution in [0.15, 0.2) is 42.3 Å². The second kappa shape index (κ2) is 5.69. The van der Waals surface area contributed by atoms with Crippen LogP contribution >= 0.6 is 0 Å². The minimum absolute atomic E-state index is 0.450. The summed E-state index contributed by atoms with van der Waals surface area (Å²) in [6, 6.07) is 6.91. The highest BCUT2D eigenvalue weighted by molar-refractivity contribution is 7.79. The molecule has 0 saturated carbocycles. The minimum atomic E-state index is -1.84. The Hall–Kier alpha value is -0.930. The summed E-state index contributed by atoms with van der Waals surface area (Å²) in [5, 5.41) is 0. The van der Waals surface area contributed by atoms with Gasteiger partial charge in [-0.05, 0) is 19.1 Å². The van der Waals surface area contributed by atoms with Crippen LogP contribution in [0.4, 0.5) is 0 Å². The molecular weight excluding hydrogens is 172 g/mol. The van der Waals surface area contributed by atoms with Gasteiger partial charge in [-0.15, -0.1) is 13.2 Å². The topological polar surface area (TPSA) is 37.3 Å². The zero-order valence-electron chi connectivity index (χ0n) is 6.99. The van der Waals surface area contributed by atoms with Crippen LogP contribution in [0.25, 0.3) is 0 Å². The lowest BCUT2D eigenvalue weighted by Crippen LogP contribution is -1.86. The first kappa shape index (κ1) is 11.1. The summed E-state index contributed by atoms with van der Waals surface area (Å²) in [6.45, 7) is 7.93. The monoisotopic (exact) mass is 184 g/mol. The molecule has 12 heavy (non-hydrogen) atoms. The first-order valence-electron chi connectivity index (χ1n) is 3.37. The summed E-state index contributed by atoms with van der Waals surface area (Å²) in [4.78, 5) is 0.450. The van der Waals surface area contributed by atoms with Crippen molar-refractivity contribution in [1.82, 2.24) is 0 Å². The van der Waals surface area contributed by atoms with E-state index in [9.17, 15) is 4.21 Å². The van der Waals surface area contributed by atoms with Crippen LogP contribution in [-0.2, 0) is 11.1 Å². The third-order valence-corrected chi connectivity index (χ3v) is 1.90. The third-order valence-electron chi connectivity index (χ3n) is 1.22. The summed E-state index contributed by atoms with van der Waals surface area (Å²) in [7, 11) is 0. The Morgan fingerprint density at radius 3 is 2.00 bits per heavy atom. The molecule has 0 aromatic heterocycles. The molecule has 0 radical (unpaired) electrons. The quantitative estimate of drug-likeness (QED) is 0.537. The van der Waals surface area contributed by atoms with Crippen molar-refractivity contribution in [3.63, 3.8) is 0 Å². The molecule has 2 nitrogen and oxygen atoms in total. The second-order valence-corrected chi connectivity index (χ2v) is 3.03. The third kappa shape index (κ3) is 3.46. The van der Waals surface area contributed by atoms with E-state index < -0.39 is 11.1 Å². The van der Waals surface area contributed by atoms with Crippen molar-refractivity contribution in [2.24, 2.45) is 0 Å². The molecule has 3 heteroatoms. The SMILES string of the molecule is C=C.Cc1ccc(S(=O)O)cc1. The van der Waals surface area contributed by atoms with E-state index in [2.05, 4.69) is 13.2 Å². The molecule has 1 aromatic rings. The first-order chi connectivity index (χ1) is 5.70. The number of rotatable bonds is 1. The van der Waals surface area contributed by atoms with E-state index in [0.717, 1.165) is 5.56 Å². The van der Waals surface area contributed by atoms with Crippen molar-refractivity contribution in [1.29, 1.82) is 0 Å². The van der Waals surface area contributed by atoms with Gasteiger partial charge in [0.2, 0.25) is 0 Å². The van der Waals surface area contributed by atoms with Crippen LogP contribution in [0.3, 0.4) is 0 Å². The lowest BCUT2D eigenvalue weighted by atomic mass is 10.2. The molecule has 0 spiro atoms. The Labute approximate surface area is 75.2 Å². The highest BCUT2D eigenvalue weighted by Crippen LogP contribution is 2.05. The van der Waals surface area contributed by atoms with Crippen LogP contribution in [0.2, 0.25) is 0 Å². The molecule has 1 unspecified atom stereocenters. The van der Waals surface area contributed by atoms with E-state index in [1.54, 1.807) is 12.1 Å². The van der Waals surface area contributed by atoms with Crippen LogP contribution in [0.1, 0.15) is 5.56 Å². The van der Waals surface area contributed by atoms with Crippen LogP contribution in [0.5, 0.6) is 0 Å². The van der Waals surface area contributed by atoms with Gasteiger partial charge in [-0.25, -0.2) is 4.21 Å². The standard InChI is InChI=1S/C7H8O2S.C2H4/c1-6-2-4-7(5-3-6)10(8)9;1-2/h2-5H,1H3,(H,8,9);1-2H2. The fraction of sp³-hybridized carbons (Fsp3) is 0.111. The molecule has 1 atom stereocenters.